The van der Waals surface area contributed by atoms with E-state index in [1.54, 1.807) is 6.07 Å². The number of phenols is 1. The first-order chi connectivity index (χ1) is 19.1. The molecule has 0 aliphatic carbocycles. The van der Waals surface area contributed by atoms with E-state index in [1.165, 1.54) is 28.3 Å². The number of aromatic hydroxyl groups is 1. The van der Waals surface area contributed by atoms with Crippen molar-refractivity contribution < 1.29 is 10.2 Å². The van der Waals surface area contributed by atoms with Crippen LogP contribution in [0.5, 0.6) is 5.75 Å². The Bertz CT molecular complexity index is 1490. The lowest BCUT2D eigenvalue weighted by atomic mass is 9.91. The Hall–Kier alpha value is -3.75. The predicted octanol–water partition coefficient (Wildman–Crippen LogP) is 5.08. The molecule has 0 spiro atoms. The first kappa shape index (κ1) is 26.8. The summed E-state index contributed by atoms with van der Waals surface area (Å²) < 4.78 is 0.595. The van der Waals surface area contributed by atoms with Crippen LogP contribution in [0.4, 0.5) is 0 Å². The van der Waals surface area contributed by atoms with Crippen LogP contribution in [-0.2, 0) is 13.0 Å². The summed E-state index contributed by atoms with van der Waals surface area (Å²) >= 11 is 0.999. The second-order valence-electron chi connectivity index (χ2n) is 9.68. The maximum Gasteiger partial charge on any atom is 0.305 e. The van der Waals surface area contributed by atoms with Crippen molar-refractivity contribution in [1.29, 1.82) is 0 Å². The molecule has 0 aliphatic heterocycles. The summed E-state index contributed by atoms with van der Waals surface area (Å²) in [6, 6.07) is 33.1. The van der Waals surface area contributed by atoms with E-state index >= 15 is 0 Å². The fourth-order valence-electron chi connectivity index (χ4n) is 4.87. The number of hydrogen-bond acceptors (Lipinski definition) is 6. The molecule has 0 aliphatic rings. The largest absolute Gasteiger partial charge is 0.506 e. The highest BCUT2D eigenvalue weighted by Crippen LogP contribution is 2.31. The van der Waals surface area contributed by atoms with Gasteiger partial charge in [-0.1, -0.05) is 102 Å². The lowest BCUT2D eigenvalue weighted by molar-refractivity contribution is 0.176. The molecule has 4 aromatic carbocycles. The molecule has 1 aromatic heterocycles. The number of aromatic nitrogens is 1. The topological polar surface area (TPSA) is 97.4 Å². The monoisotopic (exact) mass is 539 g/mol. The summed E-state index contributed by atoms with van der Waals surface area (Å²) in [5.74, 6) is 0.309. The van der Waals surface area contributed by atoms with Crippen LogP contribution in [0.1, 0.15) is 39.8 Å². The number of phenolic OH excluding ortho intramolecular Hbond substituents is 1. The Balaban J connectivity index is 1.09. The molecule has 39 heavy (non-hydrogen) atoms. The van der Waals surface area contributed by atoms with Gasteiger partial charge in [0.2, 0.25) is 0 Å². The number of aliphatic hydroxyl groups excluding tert-OH is 1. The molecule has 6 nitrogen and oxygen atoms in total. The molecule has 0 saturated carbocycles. The Morgan fingerprint density at radius 1 is 0.769 bits per heavy atom. The lowest BCUT2D eigenvalue weighted by Crippen LogP contribution is -2.24. The third kappa shape index (κ3) is 6.82. The number of aliphatic hydroxyl groups is 1. The van der Waals surface area contributed by atoms with Gasteiger partial charge in [0, 0.05) is 31.1 Å². The normalized spacial score (nSPS) is 12.3. The molecule has 0 bridgehead atoms. The summed E-state index contributed by atoms with van der Waals surface area (Å²) in [5, 5.41) is 27.6. The van der Waals surface area contributed by atoms with Gasteiger partial charge in [0.15, 0.2) is 0 Å². The standard InChI is InChI=1S/C32H33N3O3S/c36-28-16-15-26(31-30(28)35-32(38)39-31)29(37)21-33-18-17-22-11-13-23(14-12-22)19-34-20-27(24-7-3-1-4-8-24)25-9-5-2-6-10-25/h1-16,27,29,33-34,36-37H,17-21H2,(H,35,38)/t29-/m0/s1. The molecule has 0 radical (unpaired) electrons. The highest BCUT2D eigenvalue weighted by molar-refractivity contribution is 7.16. The van der Waals surface area contributed by atoms with Crippen LogP contribution in [0.3, 0.4) is 0 Å². The third-order valence-electron chi connectivity index (χ3n) is 6.98. The number of fused-ring (bicyclic) bond motifs is 1. The van der Waals surface area contributed by atoms with E-state index in [9.17, 15) is 15.0 Å². The van der Waals surface area contributed by atoms with Gasteiger partial charge in [-0.05, 0) is 41.3 Å². The van der Waals surface area contributed by atoms with Crippen molar-refractivity contribution >= 4 is 21.6 Å². The van der Waals surface area contributed by atoms with Crippen LogP contribution >= 0.6 is 11.3 Å². The van der Waals surface area contributed by atoms with Crippen molar-refractivity contribution in [2.45, 2.75) is 25.0 Å². The summed E-state index contributed by atoms with van der Waals surface area (Å²) in [5.41, 5.74) is 6.10. The molecular formula is C32H33N3O3S. The minimum absolute atomic E-state index is 0.0121. The molecule has 1 heterocycles. The summed E-state index contributed by atoms with van der Waals surface area (Å²) in [6.07, 6.45) is 0.0658. The lowest BCUT2D eigenvalue weighted by Gasteiger charge is -2.19. The van der Waals surface area contributed by atoms with E-state index in [0.717, 1.165) is 37.4 Å². The number of H-pyrrole nitrogens is 1. The van der Waals surface area contributed by atoms with Crippen LogP contribution < -0.4 is 15.5 Å². The second-order valence-corrected chi connectivity index (χ2v) is 10.7. The van der Waals surface area contributed by atoms with E-state index in [2.05, 4.69) is 101 Å². The SMILES string of the molecule is O=c1[nH]c2c(O)ccc([C@@H](O)CNCCc3ccc(CNCC(c4ccccc4)c4ccccc4)cc3)c2s1. The van der Waals surface area contributed by atoms with Crippen LogP contribution in [0.25, 0.3) is 10.2 Å². The number of benzene rings is 4. The molecule has 5 N–H and O–H groups in total. The molecule has 0 saturated heterocycles. The van der Waals surface area contributed by atoms with Crippen molar-refractivity contribution in [3.8, 4) is 5.75 Å². The Kier molecular flexibility index (Phi) is 8.85. The summed E-state index contributed by atoms with van der Waals surface area (Å²) in [4.78, 5) is 14.1. The van der Waals surface area contributed by atoms with Crippen molar-refractivity contribution in [2.75, 3.05) is 19.6 Å². The molecule has 0 fully saturated rings. The van der Waals surface area contributed by atoms with Gasteiger partial charge in [-0.15, -0.1) is 0 Å². The molecule has 0 amide bonds. The molecule has 200 valence electrons. The first-order valence-corrected chi connectivity index (χ1v) is 14.0. The number of thiazole rings is 1. The highest BCUT2D eigenvalue weighted by atomic mass is 32.1. The van der Waals surface area contributed by atoms with Crippen LogP contribution in [0.15, 0.2) is 102 Å². The molecule has 5 aromatic rings. The van der Waals surface area contributed by atoms with E-state index in [1.807, 2.05) is 0 Å². The fraction of sp³-hybridized carbons (Fsp3) is 0.219. The first-order valence-electron chi connectivity index (χ1n) is 13.2. The van der Waals surface area contributed by atoms with Crippen molar-refractivity contribution in [3.05, 3.63) is 135 Å². The smallest absolute Gasteiger partial charge is 0.305 e. The maximum absolute atomic E-state index is 11.7. The molecule has 7 heteroatoms. The van der Waals surface area contributed by atoms with Crippen molar-refractivity contribution in [2.24, 2.45) is 0 Å². The van der Waals surface area contributed by atoms with Gasteiger partial charge < -0.3 is 25.8 Å². The number of hydrogen-bond donors (Lipinski definition) is 5. The summed E-state index contributed by atoms with van der Waals surface area (Å²) in [6.45, 7) is 2.73. The zero-order chi connectivity index (χ0) is 27.0. The number of aromatic amines is 1. The minimum Gasteiger partial charge on any atom is -0.506 e. The fourth-order valence-corrected chi connectivity index (χ4v) is 5.78. The van der Waals surface area contributed by atoms with Gasteiger partial charge in [0.1, 0.15) is 11.3 Å². The average molecular weight is 540 g/mol. The highest BCUT2D eigenvalue weighted by Gasteiger charge is 2.16. The van der Waals surface area contributed by atoms with Crippen LogP contribution in [0.2, 0.25) is 0 Å². The molecule has 1 atom stereocenters. The predicted molar refractivity (Wildman–Crippen MR) is 159 cm³/mol. The number of rotatable bonds is 12. The zero-order valence-corrected chi connectivity index (χ0v) is 22.5. The van der Waals surface area contributed by atoms with E-state index in [0.29, 0.717) is 28.2 Å². The molecule has 0 unspecified atom stereocenters. The third-order valence-corrected chi connectivity index (χ3v) is 7.91. The molecular weight excluding hydrogens is 506 g/mol. The Labute approximate surface area is 232 Å². The Morgan fingerprint density at radius 2 is 1.41 bits per heavy atom. The second kappa shape index (κ2) is 12.9. The van der Waals surface area contributed by atoms with E-state index in [4.69, 9.17) is 0 Å². The van der Waals surface area contributed by atoms with Gasteiger partial charge in [-0.3, -0.25) is 4.79 Å². The Morgan fingerprint density at radius 3 is 2.08 bits per heavy atom. The zero-order valence-electron chi connectivity index (χ0n) is 21.6. The van der Waals surface area contributed by atoms with E-state index in [-0.39, 0.29) is 10.6 Å². The minimum atomic E-state index is -0.774. The van der Waals surface area contributed by atoms with Crippen LogP contribution in [-0.4, -0.2) is 34.8 Å². The van der Waals surface area contributed by atoms with Gasteiger partial charge >= 0.3 is 4.87 Å². The van der Waals surface area contributed by atoms with Gasteiger partial charge in [-0.2, -0.15) is 0 Å². The van der Waals surface area contributed by atoms with E-state index < -0.39 is 6.10 Å². The molecule has 5 rings (SSSR count). The van der Waals surface area contributed by atoms with Crippen molar-refractivity contribution in [1.82, 2.24) is 15.6 Å². The van der Waals surface area contributed by atoms with Crippen molar-refractivity contribution in [3.63, 3.8) is 0 Å². The van der Waals surface area contributed by atoms with Gasteiger partial charge in [0.05, 0.1) is 10.8 Å². The maximum atomic E-state index is 11.7. The van der Waals surface area contributed by atoms with Gasteiger partial charge in [-0.25, -0.2) is 0 Å². The van der Waals surface area contributed by atoms with Gasteiger partial charge in [0.25, 0.3) is 0 Å². The number of nitrogens with one attached hydrogen (secondary N) is 3. The summed E-state index contributed by atoms with van der Waals surface area (Å²) in [7, 11) is 0. The van der Waals surface area contributed by atoms with Crippen LogP contribution in [0, 0.1) is 0 Å². The average Bonchev–Trinajstić information content (AvgIpc) is 3.37. The quantitative estimate of drug-likeness (QED) is 0.143.